The highest BCUT2D eigenvalue weighted by Gasteiger charge is 2.30. The highest BCUT2D eigenvalue weighted by atomic mass is 35.5. The van der Waals surface area contributed by atoms with Crippen LogP contribution in [0.25, 0.3) is 0 Å². The third-order valence-corrected chi connectivity index (χ3v) is 3.80. The van der Waals surface area contributed by atoms with Crippen LogP contribution in [0, 0.1) is 10.1 Å². The molecule has 0 saturated heterocycles. The van der Waals surface area contributed by atoms with Gasteiger partial charge in [-0.05, 0) is 30.3 Å². The number of rotatable bonds is 3. The summed E-state index contributed by atoms with van der Waals surface area (Å²) < 4.78 is 37.9. The molecule has 0 aromatic heterocycles. The fraction of sp³-hybridized carbons (Fsp3) is 0.0769. The Hall–Kier alpha value is -1.73. The first kappa shape index (κ1) is 15.7. The number of benzene rings is 2. The lowest BCUT2D eigenvalue weighted by atomic mass is 10.2. The van der Waals surface area contributed by atoms with Crippen LogP contribution >= 0.6 is 23.4 Å². The molecule has 2 aromatic carbocycles. The van der Waals surface area contributed by atoms with Gasteiger partial charge in [-0.3, -0.25) is 10.1 Å². The normalized spacial score (nSPS) is 11.4. The van der Waals surface area contributed by atoms with E-state index in [1.54, 1.807) is 0 Å². The van der Waals surface area contributed by atoms with E-state index in [2.05, 4.69) is 0 Å². The number of halogens is 4. The van der Waals surface area contributed by atoms with Gasteiger partial charge in [0, 0.05) is 16.0 Å². The molecule has 110 valence electrons. The van der Waals surface area contributed by atoms with Crippen molar-refractivity contribution in [3.63, 3.8) is 0 Å². The van der Waals surface area contributed by atoms with Crippen molar-refractivity contribution in [2.75, 3.05) is 0 Å². The van der Waals surface area contributed by atoms with E-state index < -0.39 is 16.7 Å². The Morgan fingerprint density at radius 2 is 1.86 bits per heavy atom. The van der Waals surface area contributed by atoms with Crippen LogP contribution in [0.3, 0.4) is 0 Å². The molecule has 0 aliphatic carbocycles. The zero-order chi connectivity index (χ0) is 15.6. The average Bonchev–Trinajstić information content (AvgIpc) is 2.40. The maximum Gasteiger partial charge on any atom is 0.416 e. The molecular weight excluding hydrogens is 327 g/mol. The lowest BCUT2D eigenvalue weighted by molar-refractivity contribution is -0.387. The third-order valence-electron chi connectivity index (χ3n) is 2.51. The van der Waals surface area contributed by atoms with E-state index in [9.17, 15) is 23.3 Å². The molecule has 0 aliphatic rings. The van der Waals surface area contributed by atoms with Crippen LogP contribution < -0.4 is 0 Å². The van der Waals surface area contributed by atoms with E-state index >= 15 is 0 Å². The summed E-state index contributed by atoms with van der Waals surface area (Å²) in [5.41, 5.74) is -1.05. The highest BCUT2D eigenvalue weighted by Crippen LogP contribution is 2.38. The Kier molecular flexibility index (Phi) is 4.43. The van der Waals surface area contributed by atoms with Crippen molar-refractivity contribution >= 4 is 29.1 Å². The second-order valence-corrected chi connectivity index (χ2v) is 5.55. The fourth-order valence-corrected chi connectivity index (χ4v) is 2.71. The molecule has 0 heterocycles. The number of hydrogen-bond donors (Lipinski definition) is 0. The standard InChI is InChI=1S/C13H7ClF3NO2S/c14-9-4-5-12(11(7-9)18(19)20)21-10-3-1-2-8(6-10)13(15,16)17/h1-7H. The minimum Gasteiger partial charge on any atom is -0.258 e. The summed E-state index contributed by atoms with van der Waals surface area (Å²) in [4.78, 5) is 10.8. The molecular formula is C13H7ClF3NO2S. The van der Waals surface area contributed by atoms with Crippen LogP contribution in [0.2, 0.25) is 5.02 Å². The summed E-state index contributed by atoms with van der Waals surface area (Å²) in [6.45, 7) is 0. The zero-order valence-corrected chi connectivity index (χ0v) is 11.8. The molecule has 2 aromatic rings. The van der Waals surface area contributed by atoms with Crippen LogP contribution in [0.5, 0.6) is 0 Å². The topological polar surface area (TPSA) is 43.1 Å². The third kappa shape index (κ3) is 3.89. The van der Waals surface area contributed by atoms with Crippen molar-refractivity contribution in [2.45, 2.75) is 16.0 Å². The van der Waals surface area contributed by atoms with Gasteiger partial charge in [-0.1, -0.05) is 29.4 Å². The molecule has 2 rings (SSSR count). The van der Waals surface area contributed by atoms with Gasteiger partial charge in [0.05, 0.1) is 15.4 Å². The second kappa shape index (κ2) is 5.95. The second-order valence-electron chi connectivity index (χ2n) is 4.00. The molecule has 8 heteroatoms. The molecule has 0 radical (unpaired) electrons. The number of nitro groups is 1. The van der Waals surface area contributed by atoms with Crippen LogP contribution in [-0.4, -0.2) is 4.92 Å². The molecule has 0 N–H and O–H groups in total. The molecule has 0 saturated carbocycles. The predicted molar refractivity (Wildman–Crippen MR) is 73.7 cm³/mol. The van der Waals surface area contributed by atoms with Crippen molar-refractivity contribution < 1.29 is 18.1 Å². The molecule has 0 fully saturated rings. The molecule has 0 spiro atoms. The molecule has 0 amide bonds. The summed E-state index contributed by atoms with van der Waals surface area (Å²) in [6, 6.07) is 8.63. The van der Waals surface area contributed by atoms with Crippen molar-refractivity contribution in [2.24, 2.45) is 0 Å². The molecule has 0 bridgehead atoms. The monoisotopic (exact) mass is 333 g/mol. The molecule has 3 nitrogen and oxygen atoms in total. The molecule has 0 atom stereocenters. The highest BCUT2D eigenvalue weighted by molar-refractivity contribution is 7.99. The SMILES string of the molecule is O=[N+]([O-])c1cc(Cl)ccc1Sc1cccc(C(F)(F)F)c1. The molecule has 21 heavy (non-hydrogen) atoms. The maximum absolute atomic E-state index is 12.6. The average molecular weight is 334 g/mol. The van der Waals surface area contributed by atoms with E-state index in [4.69, 9.17) is 11.6 Å². The van der Waals surface area contributed by atoms with E-state index in [0.29, 0.717) is 0 Å². The summed E-state index contributed by atoms with van der Waals surface area (Å²) >= 11 is 6.57. The zero-order valence-electron chi connectivity index (χ0n) is 10.2. The first-order valence-electron chi connectivity index (χ1n) is 5.56. The Morgan fingerprint density at radius 3 is 2.48 bits per heavy atom. The van der Waals surface area contributed by atoms with Gasteiger partial charge in [-0.15, -0.1) is 0 Å². The van der Waals surface area contributed by atoms with E-state index in [-0.39, 0.29) is 20.5 Å². The summed E-state index contributed by atoms with van der Waals surface area (Å²) in [6.07, 6.45) is -4.46. The van der Waals surface area contributed by atoms with E-state index in [1.807, 2.05) is 0 Å². The van der Waals surface area contributed by atoms with Crippen molar-refractivity contribution in [1.82, 2.24) is 0 Å². The Balaban J connectivity index is 2.37. The van der Waals surface area contributed by atoms with Crippen molar-refractivity contribution in [3.05, 3.63) is 63.2 Å². The minimum absolute atomic E-state index is 0.190. The Labute approximate surface area is 126 Å². The lowest BCUT2D eigenvalue weighted by Gasteiger charge is -2.08. The van der Waals surface area contributed by atoms with Crippen molar-refractivity contribution in [3.8, 4) is 0 Å². The maximum atomic E-state index is 12.6. The van der Waals surface area contributed by atoms with E-state index in [1.165, 1.54) is 24.3 Å². The van der Waals surface area contributed by atoms with Crippen LogP contribution in [0.1, 0.15) is 5.56 Å². The first-order valence-corrected chi connectivity index (χ1v) is 6.76. The molecule has 0 unspecified atom stereocenters. The van der Waals surface area contributed by atoms with Gasteiger partial charge in [-0.25, -0.2) is 0 Å². The smallest absolute Gasteiger partial charge is 0.258 e. The fourth-order valence-electron chi connectivity index (χ4n) is 1.58. The predicted octanol–water partition coefficient (Wildman–Crippen LogP) is 5.42. The summed E-state index contributed by atoms with van der Waals surface area (Å²) in [7, 11) is 0. The Morgan fingerprint density at radius 1 is 1.14 bits per heavy atom. The largest absolute Gasteiger partial charge is 0.416 e. The number of nitro benzene ring substituents is 1. The quantitative estimate of drug-likeness (QED) is 0.556. The van der Waals surface area contributed by atoms with Gasteiger partial charge in [0.1, 0.15) is 0 Å². The minimum atomic E-state index is -4.46. The van der Waals surface area contributed by atoms with E-state index in [0.717, 1.165) is 30.0 Å². The number of nitrogens with zero attached hydrogens (tertiary/aromatic N) is 1. The summed E-state index contributed by atoms with van der Waals surface area (Å²) in [5.74, 6) is 0. The number of hydrogen-bond acceptors (Lipinski definition) is 3. The van der Waals surface area contributed by atoms with Crippen LogP contribution in [0.4, 0.5) is 18.9 Å². The van der Waals surface area contributed by atoms with Gasteiger partial charge in [0.25, 0.3) is 5.69 Å². The number of alkyl halides is 3. The molecule has 0 aliphatic heterocycles. The van der Waals surface area contributed by atoms with Gasteiger partial charge in [-0.2, -0.15) is 13.2 Å². The van der Waals surface area contributed by atoms with Gasteiger partial charge in [0.15, 0.2) is 0 Å². The van der Waals surface area contributed by atoms with Gasteiger partial charge >= 0.3 is 6.18 Å². The van der Waals surface area contributed by atoms with Gasteiger partial charge < -0.3 is 0 Å². The Bertz CT molecular complexity index is 691. The lowest BCUT2D eigenvalue weighted by Crippen LogP contribution is -2.04. The van der Waals surface area contributed by atoms with Crippen LogP contribution in [-0.2, 0) is 6.18 Å². The first-order chi connectivity index (χ1) is 9.77. The summed E-state index contributed by atoms with van der Waals surface area (Å²) in [5, 5.41) is 11.1. The van der Waals surface area contributed by atoms with Gasteiger partial charge in [0.2, 0.25) is 0 Å². The van der Waals surface area contributed by atoms with Crippen molar-refractivity contribution in [1.29, 1.82) is 0 Å². The van der Waals surface area contributed by atoms with Crippen LogP contribution in [0.15, 0.2) is 52.3 Å².